The third-order valence-corrected chi connectivity index (χ3v) is 3.76. The summed E-state index contributed by atoms with van der Waals surface area (Å²) >= 11 is 5.99. The Morgan fingerprint density at radius 1 is 1.27 bits per heavy atom. The Hall–Kier alpha value is -3.20. The number of carbonyl (C=O) groups excluding carboxylic acids is 1. The van der Waals surface area contributed by atoms with Crippen LogP contribution in [0.25, 0.3) is 0 Å². The Balaban J connectivity index is 1.65. The van der Waals surface area contributed by atoms with E-state index in [0.29, 0.717) is 17.8 Å². The van der Waals surface area contributed by atoms with Gasteiger partial charge in [0.25, 0.3) is 5.91 Å². The molecule has 0 saturated heterocycles. The van der Waals surface area contributed by atoms with Crippen LogP contribution >= 0.6 is 11.6 Å². The first-order valence-electron chi connectivity index (χ1n) is 7.43. The van der Waals surface area contributed by atoms with Crippen molar-refractivity contribution in [3.8, 4) is 0 Å². The lowest BCUT2D eigenvalue weighted by atomic mass is 10.2. The van der Waals surface area contributed by atoms with Gasteiger partial charge in [-0.15, -0.1) is 0 Å². The molecule has 0 atom stereocenters. The maximum Gasteiger partial charge on any atom is 0.325 e. The summed E-state index contributed by atoms with van der Waals surface area (Å²) < 4.78 is 15.8. The lowest BCUT2D eigenvalue weighted by molar-refractivity contribution is -0.137. The van der Waals surface area contributed by atoms with Gasteiger partial charge in [0.15, 0.2) is 5.69 Å². The second-order valence-electron chi connectivity index (χ2n) is 5.41. The van der Waals surface area contributed by atoms with Gasteiger partial charge in [0.05, 0.1) is 18.4 Å². The van der Waals surface area contributed by atoms with E-state index in [1.165, 1.54) is 35.3 Å². The summed E-state index contributed by atoms with van der Waals surface area (Å²) in [4.78, 5) is 22.8. The van der Waals surface area contributed by atoms with Gasteiger partial charge in [-0.1, -0.05) is 17.7 Å². The predicted molar refractivity (Wildman–Crippen MR) is 90.6 cm³/mol. The standard InChI is InChI=1S/C16H13ClFN5O3/c17-13-5-11(18)2-1-10(13)7-23-8-12(6-19-23)20-16(26)14-3-4-22(21-14)9-15(24)25/h1-6,8H,7,9H2,(H,20,26)(H,24,25). The summed E-state index contributed by atoms with van der Waals surface area (Å²) in [5, 5.41) is 19.6. The van der Waals surface area contributed by atoms with Crippen molar-refractivity contribution in [1.29, 1.82) is 0 Å². The molecule has 0 spiro atoms. The number of rotatable bonds is 6. The molecule has 0 saturated carbocycles. The zero-order chi connectivity index (χ0) is 18.7. The molecule has 2 heterocycles. The first-order chi connectivity index (χ1) is 12.4. The number of carboxylic acids is 1. The fourth-order valence-electron chi connectivity index (χ4n) is 2.24. The third-order valence-electron chi connectivity index (χ3n) is 3.41. The summed E-state index contributed by atoms with van der Waals surface area (Å²) in [7, 11) is 0. The summed E-state index contributed by atoms with van der Waals surface area (Å²) in [6.45, 7) is -0.0220. The molecule has 134 valence electrons. The number of aliphatic carboxylic acids is 1. The number of nitrogens with zero attached hydrogens (tertiary/aromatic N) is 4. The topological polar surface area (TPSA) is 102 Å². The molecule has 1 amide bonds. The first-order valence-corrected chi connectivity index (χ1v) is 7.81. The number of amides is 1. The van der Waals surface area contributed by atoms with Crippen LogP contribution in [-0.2, 0) is 17.9 Å². The summed E-state index contributed by atoms with van der Waals surface area (Å²) in [5.74, 6) is -1.97. The highest BCUT2D eigenvalue weighted by Gasteiger charge is 2.12. The van der Waals surface area contributed by atoms with E-state index >= 15 is 0 Å². The number of benzene rings is 1. The van der Waals surface area contributed by atoms with Crippen LogP contribution in [0.4, 0.5) is 10.1 Å². The number of hydrogen-bond donors (Lipinski definition) is 2. The number of anilines is 1. The molecule has 2 aromatic heterocycles. The van der Waals surface area contributed by atoms with Gasteiger partial charge in [0, 0.05) is 17.4 Å². The highest BCUT2D eigenvalue weighted by atomic mass is 35.5. The van der Waals surface area contributed by atoms with Crippen LogP contribution < -0.4 is 5.32 Å². The lowest BCUT2D eigenvalue weighted by Gasteiger charge is -2.04. The van der Waals surface area contributed by atoms with Crippen molar-refractivity contribution in [2.45, 2.75) is 13.1 Å². The fourth-order valence-corrected chi connectivity index (χ4v) is 2.47. The van der Waals surface area contributed by atoms with E-state index in [4.69, 9.17) is 16.7 Å². The zero-order valence-electron chi connectivity index (χ0n) is 13.3. The van der Waals surface area contributed by atoms with Crippen molar-refractivity contribution >= 4 is 29.2 Å². The maximum absolute atomic E-state index is 13.1. The number of carboxylic acid groups (broad SMARTS) is 1. The van der Waals surface area contributed by atoms with Crippen LogP contribution in [-0.4, -0.2) is 36.5 Å². The van der Waals surface area contributed by atoms with E-state index in [-0.39, 0.29) is 17.3 Å². The molecule has 1 aromatic carbocycles. The number of nitrogens with one attached hydrogen (secondary N) is 1. The second kappa shape index (κ2) is 7.36. The molecule has 0 aliphatic carbocycles. The fraction of sp³-hybridized carbons (Fsp3) is 0.125. The number of halogens is 2. The number of hydrogen-bond acceptors (Lipinski definition) is 4. The molecule has 3 rings (SSSR count). The summed E-state index contributed by atoms with van der Waals surface area (Å²) in [6.07, 6.45) is 4.44. The third kappa shape index (κ3) is 4.25. The van der Waals surface area contributed by atoms with E-state index in [0.717, 1.165) is 4.68 Å². The van der Waals surface area contributed by atoms with Gasteiger partial charge in [-0.05, 0) is 23.8 Å². The van der Waals surface area contributed by atoms with E-state index in [1.807, 2.05) is 0 Å². The zero-order valence-corrected chi connectivity index (χ0v) is 14.0. The average Bonchev–Trinajstić information content (AvgIpc) is 3.19. The second-order valence-corrected chi connectivity index (χ2v) is 5.82. The molecular formula is C16H13ClFN5O3. The minimum absolute atomic E-state index is 0.0839. The van der Waals surface area contributed by atoms with Crippen LogP contribution in [0.5, 0.6) is 0 Å². The van der Waals surface area contributed by atoms with Gasteiger partial charge < -0.3 is 10.4 Å². The van der Waals surface area contributed by atoms with Crippen LogP contribution in [0.1, 0.15) is 16.1 Å². The lowest BCUT2D eigenvalue weighted by Crippen LogP contribution is -2.14. The van der Waals surface area contributed by atoms with Crippen LogP contribution in [0.15, 0.2) is 42.9 Å². The molecule has 3 aromatic rings. The monoisotopic (exact) mass is 377 g/mol. The summed E-state index contributed by atoms with van der Waals surface area (Å²) in [6, 6.07) is 5.51. The van der Waals surface area contributed by atoms with E-state index in [2.05, 4.69) is 15.5 Å². The van der Waals surface area contributed by atoms with E-state index < -0.39 is 17.7 Å². The van der Waals surface area contributed by atoms with Crippen molar-refractivity contribution in [2.75, 3.05) is 5.32 Å². The molecular weight excluding hydrogens is 365 g/mol. The van der Waals surface area contributed by atoms with Crippen molar-refractivity contribution in [2.24, 2.45) is 0 Å². The molecule has 0 fully saturated rings. The number of carbonyl (C=O) groups is 2. The molecule has 26 heavy (non-hydrogen) atoms. The van der Waals surface area contributed by atoms with Crippen molar-refractivity contribution in [3.63, 3.8) is 0 Å². The molecule has 0 aliphatic rings. The smallest absolute Gasteiger partial charge is 0.325 e. The number of aromatic nitrogens is 4. The molecule has 0 bridgehead atoms. The van der Waals surface area contributed by atoms with E-state index in [9.17, 15) is 14.0 Å². The van der Waals surface area contributed by atoms with Crippen molar-refractivity contribution in [1.82, 2.24) is 19.6 Å². The first kappa shape index (κ1) is 17.6. The van der Waals surface area contributed by atoms with Crippen molar-refractivity contribution < 1.29 is 19.1 Å². The normalized spacial score (nSPS) is 10.7. The van der Waals surface area contributed by atoms with Crippen molar-refractivity contribution in [3.05, 3.63) is 65.0 Å². The molecule has 8 nitrogen and oxygen atoms in total. The van der Waals surface area contributed by atoms with Gasteiger partial charge in [-0.3, -0.25) is 19.0 Å². The Morgan fingerprint density at radius 2 is 2.08 bits per heavy atom. The van der Waals surface area contributed by atoms with Crippen LogP contribution in [0.3, 0.4) is 0 Å². The molecule has 0 aliphatic heterocycles. The van der Waals surface area contributed by atoms with Crippen LogP contribution in [0, 0.1) is 5.82 Å². The largest absolute Gasteiger partial charge is 0.480 e. The van der Waals surface area contributed by atoms with Gasteiger partial charge >= 0.3 is 5.97 Å². The average molecular weight is 378 g/mol. The molecule has 0 radical (unpaired) electrons. The van der Waals surface area contributed by atoms with Gasteiger partial charge in [-0.2, -0.15) is 10.2 Å². The van der Waals surface area contributed by atoms with Gasteiger partial charge in [-0.25, -0.2) is 4.39 Å². The Morgan fingerprint density at radius 3 is 2.81 bits per heavy atom. The molecule has 10 heteroatoms. The van der Waals surface area contributed by atoms with Gasteiger partial charge in [0.1, 0.15) is 12.4 Å². The quantitative estimate of drug-likeness (QED) is 0.686. The molecule has 2 N–H and O–H groups in total. The predicted octanol–water partition coefficient (Wildman–Crippen LogP) is 2.26. The highest BCUT2D eigenvalue weighted by Crippen LogP contribution is 2.19. The minimum atomic E-state index is -1.05. The van der Waals surface area contributed by atoms with Crippen LogP contribution in [0.2, 0.25) is 5.02 Å². The minimum Gasteiger partial charge on any atom is -0.480 e. The highest BCUT2D eigenvalue weighted by molar-refractivity contribution is 6.31. The SMILES string of the molecule is O=C(O)Cn1ccc(C(=O)Nc2cnn(Cc3ccc(F)cc3Cl)c2)n1. The van der Waals surface area contributed by atoms with E-state index in [1.54, 1.807) is 12.3 Å². The Kier molecular flexibility index (Phi) is 4.99. The maximum atomic E-state index is 13.1. The summed E-state index contributed by atoms with van der Waals surface area (Å²) in [5.41, 5.74) is 1.20. The molecule has 0 unspecified atom stereocenters. The Labute approximate surface area is 151 Å². The van der Waals surface area contributed by atoms with Gasteiger partial charge in [0.2, 0.25) is 0 Å². The Bertz CT molecular complexity index is 968.